The maximum atomic E-state index is 10.7. The molecule has 0 fully saturated rings. The highest BCUT2D eigenvalue weighted by Crippen LogP contribution is 2.32. The number of rotatable bonds is 10. The zero-order chi connectivity index (χ0) is 20.6. The van der Waals surface area contributed by atoms with E-state index in [0.29, 0.717) is 42.8 Å². The molecule has 0 unspecified atom stereocenters. The zero-order valence-corrected chi connectivity index (χ0v) is 16.4. The molecule has 0 aliphatic carbocycles. The summed E-state index contributed by atoms with van der Waals surface area (Å²) in [5.74, 6) is 1.71. The van der Waals surface area contributed by atoms with Gasteiger partial charge in [0.05, 0.1) is 18.9 Å². The number of benzene rings is 2. The van der Waals surface area contributed by atoms with Gasteiger partial charge in [-0.05, 0) is 38.1 Å². The van der Waals surface area contributed by atoms with E-state index in [2.05, 4.69) is 4.98 Å². The van der Waals surface area contributed by atoms with Crippen molar-refractivity contribution in [2.45, 2.75) is 20.3 Å². The lowest BCUT2D eigenvalue weighted by Crippen LogP contribution is -2.10. The van der Waals surface area contributed by atoms with Crippen molar-refractivity contribution < 1.29 is 28.5 Å². The normalized spacial score (nSPS) is 10.6. The first-order chi connectivity index (χ1) is 14.1. The van der Waals surface area contributed by atoms with E-state index in [1.165, 1.54) is 0 Å². The Morgan fingerprint density at radius 1 is 1.07 bits per heavy atom. The molecular weight excluding hydrogens is 374 g/mol. The number of ether oxygens (including phenoxy) is 3. The number of aromatic nitrogens is 1. The third kappa shape index (κ3) is 5.51. The molecule has 0 bridgehead atoms. The van der Waals surface area contributed by atoms with E-state index in [1.54, 1.807) is 18.2 Å². The van der Waals surface area contributed by atoms with Gasteiger partial charge in [-0.15, -0.1) is 0 Å². The second-order valence-electron chi connectivity index (χ2n) is 6.21. The summed E-state index contributed by atoms with van der Waals surface area (Å²) < 4.78 is 22.3. The molecular formula is C22H23NO6. The van der Waals surface area contributed by atoms with Gasteiger partial charge in [-0.3, -0.25) is 0 Å². The van der Waals surface area contributed by atoms with Gasteiger partial charge in [-0.1, -0.05) is 18.2 Å². The number of aryl methyl sites for hydroxylation is 1. The van der Waals surface area contributed by atoms with Gasteiger partial charge in [0.25, 0.3) is 0 Å². The average Bonchev–Trinajstić information content (AvgIpc) is 3.09. The van der Waals surface area contributed by atoms with Crippen LogP contribution in [-0.2, 0) is 11.2 Å². The Kier molecular flexibility index (Phi) is 6.73. The summed E-state index contributed by atoms with van der Waals surface area (Å²) in [6.07, 6.45) is 0.587. The topological polar surface area (TPSA) is 91.0 Å². The van der Waals surface area contributed by atoms with Crippen molar-refractivity contribution >= 4 is 5.97 Å². The Hall–Kier alpha value is -3.48. The largest absolute Gasteiger partial charge is 0.493 e. The van der Waals surface area contributed by atoms with Gasteiger partial charge < -0.3 is 23.7 Å². The predicted octanol–water partition coefficient (Wildman–Crippen LogP) is 4.13. The van der Waals surface area contributed by atoms with Crippen LogP contribution >= 0.6 is 0 Å². The van der Waals surface area contributed by atoms with E-state index >= 15 is 0 Å². The molecule has 0 radical (unpaired) electrons. The number of carbonyl (C=O) groups is 1. The molecule has 0 saturated carbocycles. The maximum Gasteiger partial charge on any atom is 0.341 e. The molecule has 152 valence electrons. The third-order valence-corrected chi connectivity index (χ3v) is 4.09. The van der Waals surface area contributed by atoms with Crippen molar-refractivity contribution in [2.75, 3.05) is 19.8 Å². The minimum Gasteiger partial charge on any atom is -0.493 e. The molecule has 0 amide bonds. The van der Waals surface area contributed by atoms with E-state index < -0.39 is 12.6 Å². The van der Waals surface area contributed by atoms with Gasteiger partial charge in [0.1, 0.15) is 11.5 Å². The van der Waals surface area contributed by atoms with E-state index in [9.17, 15) is 4.79 Å². The molecule has 0 saturated heterocycles. The second-order valence-corrected chi connectivity index (χ2v) is 6.21. The van der Waals surface area contributed by atoms with Crippen LogP contribution in [0.4, 0.5) is 0 Å². The Balaban J connectivity index is 1.62. The average molecular weight is 397 g/mol. The summed E-state index contributed by atoms with van der Waals surface area (Å²) in [5.41, 5.74) is 1.77. The van der Waals surface area contributed by atoms with Crippen LogP contribution in [0.3, 0.4) is 0 Å². The number of aliphatic carboxylic acids is 1. The van der Waals surface area contributed by atoms with Crippen molar-refractivity contribution in [1.29, 1.82) is 0 Å². The number of nitrogens with zero attached hydrogens (tertiary/aromatic N) is 1. The van der Waals surface area contributed by atoms with Crippen molar-refractivity contribution in [3.05, 3.63) is 60.0 Å². The first kappa shape index (κ1) is 20.3. The fourth-order valence-corrected chi connectivity index (χ4v) is 2.73. The smallest absolute Gasteiger partial charge is 0.341 e. The standard InChI is InChI=1S/C22H23NO6/c1-3-26-20-13-17(9-10-19(20)28-14-21(24)25)27-12-11-18-15(2)29-22(23-18)16-7-5-4-6-8-16/h4-10,13H,3,11-12,14H2,1-2H3,(H,24,25). The Morgan fingerprint density at radius 3 is 2.59 bits per heavy atom. The molecule has 1 heterocycles. The van der Waals surface area contributed by atoms with Gasteiger partial charge in [-0.2, -0.15) is 0 Å². The number of carboxylic acids is 1. The minimum absolute atomic E-state index is 0.362. The molecule has 0 aliphatic rings. The minimum atomic E-state index is -1.05. The summed E-state index contributed by atoms with van der Waals surface area (Å²) in [6, 6.07) is 14.8. The first-order valence-electron chi connectivity index (χ1n) is 9.32. The number of hydrogen-bond donors (Lipinski definition) is 1. The van der Waals surface area contributed by atoms with E-state index in [4.69, 9.17) is 23.7 Å². The van der Waals surface area contributed by atoms with Crippen LogP contribution in [0, 0.1) is 6.92 Å². The highest BCUT2D eigenvalue weighted by atomic mass is 16.5. The van der Waals surface area contributed by atoms with Gasteiger partial charge in [0.2, 0.25) is 5.89 Å². The molecule has 0 atom stereocenters. The van der Waals surface area contributed by atoms with Crippen molar-refractivity contribution in [1.82, 2.24) is 4.98 Å². The lowest BCUT2D eigenvalue weighted by Gasteiger charge is -2.13. The van der Waals surface area contributed by atoms with E-state index in [0.717, 1.165) is 17.0 Å². The second kappa shape index (κ2) is 9.64. The van der Waals surface area contributed by atoms with Crippen LogP contribution in [0.2, 0.25) is 0 Å². The van der Waals surface area contributed by atoms with Crippen LogP contribution < -0.4 is 14.2 Å². The summed E-state index contributed by atoms with van der Waals surface area (Å²) >= 11 is 0. The summed E-state index contributed by atoms with van der Waals surface area (Å²) in [4.78, 5) is 15.3. The van der Waals surface area contributed by atoms with Gasteiger partial charge in [-0.25, -0.2) is 9.78 Å². The van der Waals surface area contributed by atoms with Crippen molar-refractivity contribution in [3.63, 3.8) is 0 Å². The van der Waals surface area contributed by atoms with E-state index in [-0.39, 0.29) is 0 Å². The molecule has 1 N–H and O–H groups in total. The lowest BCUT2D eigenvalue weighted by atomic mass is 10.2. The molecule has 7 heteroatoms. The zero-order valence-electron chi connectivity index (χ0n) is 16.4. The van der Waals surface area contributed by atoms with Crippen LogP contribution in [0.1, 0.15) is 18.4 Å². The summed E-state index contributed by atoms with van der Waals surface area (Å²) in [6.45, 7) is 4.12. The maximum absolute atomic E-state index is 10.7. The van der Waals surface area contributed by atoms with Crippen LogP contribution in [0.5, 0.6) is 17.2 Å². The fraction of sp³-hybridized carbons (Fsp3) is 0.273. The molecule has 1 aromatic heterocycles. The van der Waals surface area contributed by atoms with Gasteiger partial charge in [0.15, 0.2) is 18.1 Å². The Labute approximate surface area is 168 Å². The molecule has 29 heavy (non-hydrogen) atoms. The third-order valence-electron chi connectivity index (χ3n) is 4.09. The van der Waals surface area contributed by atoms with E-state index in [1.807, 2.05) is 44.2 Å². The number of hydrogen-bond acceptors (Lipinski definition) is 6. The number of carboxylic acid groups (broad SMARTS) is 1. The summed E-state index contributed by atoms with van der Waals surface area (Å²) in [7, 11) is 0. The molecule has 2 aromatic carbocycles. The van der Waals surface area contributed by atoms with Crippen LogP contribution in [0.25, 0.3) is 11.5 Å². The highest BCUT2D eigenvalue weighted by molar-refractivity contribution is 5.68. The molecule has 0 aliphatic heterocycles. The number of oxazole rings is 1. The van der Waals surface area contributed by atoms with Crippen LogP contribution in [0.15, 0.2) is 52.9 Å². The van der Waals surface area contributed by atoms with Crippen molar-refractivity contribution in [3.8, 4) is 28.7 Å². The molecule has 3 aromatic rings. The monoisotopic (exact) mass is 397 g/mol. The lowest BCUT2D eigenvalue weighted by molar-refractivity contribution is -0.139. The predicted molar refractivity (Wildman–Crippen MR) is 107 cm³/mol. The van der Waals surface area contributed by atoms with Gasteiger partial charge >= 0.3 is 5.97 Å². The SMILES string of the molecule is CCOc1cc(OCCc2nc(-c3ccccc3)oc2C)ccc1OCC(=O)O. The van der Waals surface area contributed by atoms with Gasteiger partial charge in [0, 0.05) is 18.1 Å². The molecule has 7 nitrogen and oxygen atoms in total. The Morgan fingerprint density at radius 2 is 1.86 bits per heavy atom. The quantitative estimate of drug-likeness (QED) is 0.550. The molecule has 0 spiro atoms. The highest BCUT2D eigenvalue weighted by Gasteiger charge is 2.12. The van der Waals surface area contributed by atoms with Crippen molar-refractivity contribution in [2.24, 2.45) is 0 Å². The molecule has 3 rings (SSSR count). The fourth-order valence-electron chi connectivity index (χ4n) is 2.73. The summed E-state index contributed by atoms with van der Waals surface area (Å²) in [5, 5.41) is 8.77. The first-order valence-corrected chi connectivity index (χ1v) is 9.32. The van der Waals surface area contributed by atoms with Crippen LogP contribution in [-0.4, -0.2) is 35.9 Å². The Bertz CT molecular complexity index is 951.